The van der Waals surface area contributed by atoms with Crippen molar-refractivity contribution in [3.63, 3.8) is 0 Å². The zero-order valence-corrected chi connectivity index (χ0v) is 13.7. The van der Waals surface area contributed by atoms with E-state index in [1.54, 1.807) is 18.5 Å². The summed E-state index contributed by atoms with van der Waals surface area (Å²) in [6.45, 7) is 3.32. The average Bonchev–Trinajstić information content (AvgIpc) is 2.92. The molecule has 0 spiro atoms. The Balaban J connectivity index is 0.000000882. The SMILES string of the molecule is Cl.Cl.O=C(N[C@H]1CN2CCC1CC2)c1cc2ccncc2o1. The van der Waals surface area contributed by atoms with Crippen LogP contribution < -0.4 is 5.32 Å². The normalized spacial score (nSPS) is 26.1. The molecule has 2 aromatic heterocycles. The van der Waals surface area contributed by atoms with Crippen LogP contribution in [-0.2, 0) is 0 Å². The number of halogens is 2. The van der Waals surface area contributed by atoms with Gasteiger partial charge in [-0.1, -0.05) is 0 Å². The standard InChI is InChI=1S/C15H17N3O2.2ClH/c19-15(13-7-11-1-4-16-8-14(11)20-13)17-12-9-18-5-2-10(12)3-6-18;;/h1,4,7-8,10,12H,2-3,5-6,9H2,(H,17,19);2*1H/t12-;;/m0../s1. The summed E-state index contributed by atoms with van der Waals surface area (Å²) in [7, 11) is 0. The molecule has 3 fully saturated rings. The first kappa shape index (κ1) is 17.1. The first-order chi connectivity index (χ1) is 9.79. The molecule has 2 bridgehead atoms. The summed E-state index contributed by atoms with van der Waals surface area (Å²) in [4.78, 5) is 18.7. The minimum absolute atomic E-state index is 0. The Morgan fingerprint density at radius 1 is 1.32 bits per heavy atom. The highest BCUT2D eigenvalue weighted by Crippen LogP contribution is 2.28. The lowest BCUT2D eigenvalue weighted by molar-refractivity contribution is 0.0607. The molecule has 3 aliphatic heterocycles. The molecule has 5 rings (SSSR count). The number of nitrogens with zero attached hydrogens (tertiary/aromatic N) is 2. The summed E-state index contributed by atoms with van der Waals surface area (Å²) in [5, 5.41) is 4.05. The number of pyridine rings is 1. The van der Waals surface area contributed by atoms with Crippen LogP contribution in [-0.4, -0.2) is 41.5 Å². The van der Waals surface area contributed by atoms with Crippen molar-refractivity contribution in [2.24, 2.45) is 5.92 Å². The fourth-order valence-corrected chi connectivity index (χ4v) is 3.36. The van der Waals surface area contributed by atoms with Gasteiger partial charge in [-0.25, -0.2) is 0 Å². The Labute approximate surface area is 141 Å². The first-order valence-electron chi connectivity index (χ1n) is 7.16. The lowest BCUT2D eigenvalue weighted by Gasteiger charge is -2.44. The summed E-state index contributed by atoms with van der Waals surface area (Å²) < 4.78 is 5.56. The Morgan fingerprint density at radius 2 is 2.09 bits per heavy atom. The fourth-order valence-electron chi connectivity index (χ4n) is 3.36. The molecule has 5 heterocycles. The van der Waals surface area contributed by atoms with Crippen LogP contribution in [0.15, 0.2) is 28.9 Å². The van der Waals surface area contributed by atoms with Crippen molar-refractivity contribution in [1.82, 2.24) is 15.2 Å². The zero-order chi connectivity index (χ0) is 13.5. The molecular formula is C15H19Cl2N3O2. The topological polar surface area (TPSA) is 58.4 Å². The molecule has 7 heteroatoms. The van der Waals surface area contributed by atoms with Crippen LogP contribution in [0.25, 0.3) is 11.0 Å². The number of furan rings is 1. The highest BCUT2D eigenvalue weighted by atomic mass is 35.5. The van der Waals surface area contributed by atoms with Crippen molar-refractivity contribution in [2.45, 2.75) is 18.9 Å². The van der Waals surface area contributed by atoms with E-state index in [-0.39, 0.29) is 36.8 Å². The third kappa shape index (κ3) is 3.07. The van der Waals surface area contributed by atoms with Gasteiger partial charge >= 0.3 is 0 Å². The van der Waals surface area contributed by atoms with Gasteiger partial charge in [0.1, 0.15) is 0 Å². The van der Waals surface area contributed by atoms with E-state index in [1.165, 1.54) is 25.9 Å². The number of hydrogen-bond acceptors (Lipinski definition) is 4. The number of carbonyl (C=O) groups excluding carboxylic acids is 1. The van der Waals surface area contributed by atoms with Crippen LogP contribution >= 0.6 is 24.8 Å². The third-order valence-electron chi connectivity index (χ3n) is 4.52. The minimum Gasteiger partial charge on any atom is -0.449 e. The smallest absolute Gasteiger partial charge is 0.287 e. The van der Waals surface area contributed by atoms with Gasteiger partial charge in [-0.15, -0.1) is 24.8 Å². The van der Waals surface area contributed by atoms with Crippen molar-refractivity contribution in [3.05, 3.63) is 30.3 Å². The molecule has 1 atom stereocenters. The van der Waals surface area contributed by atoms with E-state index in [4.69, 9.17) is 4.42 Å². The number of carbonyl (C=O) groups is 1. The van der Waals surface area contributed by atoms with Crippen molar-refractivity contribution in [1.29, 1.82) is 0 Å². The molecular weight excluding hydrogens is 325 g/mol. The highest BCUT2D eigenvalue weighted by Gasteiger charge is 2.35. The zero-order valence-electron chi connectivity index (χ0n) is 12.0. The summed E-state index contributed by atoms with van der Waals surface area (Å²) in [5.41, 5.74) is 0.659. The van der Waals surface area contributed by atoms with E-state index in [0.717, 1.165) is 11.9 Å². The maximum Gasteiger partial charge on any atom is 0.287 e. The minimum atomic E-state index is -0.111. The predicted octanol–water partition coefficient (Wildman–Crippen LogP) is 2.50. The van der Waals surface area contributed by atoms with Crippen LogP contribution in [0.2, 0.25) is 0 Å². The molecule has 5 nitrogen and oxygen atoms in total. The lowest BCUT2D eigenvalue weighted by Crippen LogP contribution is -2.57. The molecule has 0 saturated carbocycles. The molecule has 120 valence electrons. The second-order valence-electron chi connectivity index (χ2n) is 5.74. The number of aromatic nitrogens is 1. The molecule has 1 amide bonds. The Bertz CT molecular complexity index is 620. The van der Waals surface area contributed by atoms with Crippen molar-refractivity contribution >= 4 is 41.7 Å². The van der Waals surface area contributed by atoms with E-state index in [2.05, 4.69) is 15.2 Å². The van der Waals surface area contributed by atoms with E-state index < -0.39 is 0 Å². The highest BCUT2D eigenvalue weighted by molar-refractivity contribution is 5.96. The number of rotatable bonds is 2. The third-order valence-corrected chi connectivity index (χ3v) is 4.52. The molecule has 0 radical (unpaired) electrons. The van der Waals surface area contributed by atoms with Gasteiger partial charge in [0.2, 0.25) is 0 Å². The number of amides is 1. The second-order valence-corrected chi connectivity index (χ2v) is 5.74. The molecule has 3 saturated heterocycles. The van der Waals surface area contributed by atoms with Gasteiger partial charge in [-0.2, -0.15) is 0 Å². The number of fused-ring (bicyclic) bond motifs is 4. The maximum atomic E-state index is 12.3. The van der Waals surface area contributed by atoms with Gasteiger partial charge in [0.25, 0.3) is 5.91 Å². The Morgan fingerprint density at radius 3 is 2.73 bits per heavy atom. The second kappa shape index (κ2) is 6.86. The molecule has 2 aromatic rings. The number of nitrogens with one attached hydrogen (secondary N) is 1. The largest absolute Gasteiger partial charge is 0.449 e. The van der Waals surface area contributed by atoms with Gasteiger partial charge < -0.3 is 14.6 Å². The maximum absolute atomic E-state index is 12.3. The Kier molecular flexibility index (Phi) is 5.32. The average molecular weight is 344 g/mol. The summed E-state index contributed by atoms with van der Waals surface area (Å²) in [6, 6.07) is 3.90. The van der Waals surface area contributed by atoms with Crippen LogP contribution in [0, 0.1) is 5.92 Å². The molecule has 22 heavy (non-hydrogen) atoms. The van der Waals surface area contributed by atoms with Gasteiger partial charge in [0.15, 0.2) is 11.3 Å². The number of hydrogen-bond donors (Lipinski definition) is 1. The number of piperidine rings is 3. The van der Waals surface area contributed by atoms with E-state index >= 15 is 0 Å². The van der Waals surface area contributed by atoms with Gasteiger partial charge in [-0.05, 0) is 44.0 Å². The van der Waals surface area contributed by atoms with Crippen molar-refractivity contribution < 1.29 is 9.21 Å². The van der Waals surface area contributed by atoms with Crippen LogP contribution in [0.3, 0.4) is 0 Å². The van der Waals surface area contributed by atoms with Crippen LogP contribution in [0.4, 0.5) is 0 Å². The fraction of sp³-hybridized carbons (Fsp3) is 0.467. The summed E-state index contributed by atoms with van der Waals surface area (Å²) in [5.74, 6) is 0.888. The molecule has 3 aliphatic rings. The molecule has 0 aliphatic carbocycles. The summed E-state index contributed by atoms with van der Waals surface area (Å²) >= 11 is 0. The lowest BCUT2D eigenvalue weighted by atomic mass is 9.84. The van der Waals surface area contributed by atoms with E-state index in [0.29, 0.717) is 17.3 Å². The summed E-state index contributed by atoms with van der Waals surface area (Å²) in [6.07, 6.45) is 5.72. The molecule has 1 N–H and O–H groups in total. The Hall–Kier alpha value is -1.30. The predicted molar refractivity (Wildman–Crippen MR) is 88.9 cm³/mol. The quantitative estimate of drug-likeness (QED) is 0.909. The van der Waals surface area contributed by atoms with Gasteiger partial charge in [0.05, 0.1) is 6.20 Å². The molecule has 0 unspecified atom stereocenters. The van der Waals surface area contributed by atoms with Gasteiger partial charge in [-0.3, -0.25) is 9.78 Å². The van der Waals surface area contributed by atoms with Crippen molar-refractivity contribution in [3.8, 4) is 0 Å². The van der Waals surface area contributed by atoms with Crippen LogP contribution in [0.5, 0.6) is 0 Å². The van der Waals surface area contributed by atoms with E-state index in [1.807, 2.05) is 6.07 Å². The van der Waals surface area contributed by atoms with Crippen molar-refractivity contribution in [2.75, 3.05) is 19.6 Å². The van der Waals surface area contributed by atoms with Crippen LogP contribution in [0.1, 0.15) is 23.4 Å². The van der Waals surface area contributed by atoms with Gasteiger partial charge in [0, 0.05) is 24.2 Å². The monoisotopic (exact) mass is 343 g/mol. The van der Waals surface area contributed by atoms with E-state index in [9.17, 15) is 4.79 Å². The molecule has 0 aromatic carbocycles. The first-order valence-corrected chi connectivity index (χ1v) is 7.16.